The van der Waals surface area contributed by atoms with E-state index in [9.17, 15) is 14.4 Å². The molecule has 3 rings (SSSR count). The van der Waals surface area contributed by atoms with Crippen LogP contribution in [0.15, 0.2) is 24.3 Å². The number of benzene rings is 1. The third kappa shape index (κ3) is 6.48. The van der Waals surface area contributed by atoms with Crippen LogP contribution in [0.4, 0.5) is 5.69 Å². The quantitative estimate of drug-likeness (QED) is 0.652. The molecule has 1 aromatic carbocycles. The highest BCUT2D eigenvalue weighted by molar-refractivity contribution is 7.15. The first kappa shape index (κ1) is 23.1. The third-order valence-corrected chi connectivity index (χ3v) is 6.43. The summed E-state index contributed by atoms with van der Waals surface area (Å²) in [5.41, 5.74) is 0.542. The van der Waals surface area contributed by atoms with Gasteiger partial charge in [-0.15, -0.1) is 10.2 Å². The summed E-state index contributed by atoms with van der Waals surface area (Å²) >= 11 is 6.89. The monoisotopic (exact) mass is 463 g/mol. The van der Waals surface area contributed by atoms with E-state index in [1.165, 1.54) is 0 Å². The molecule has 0 saturated carbocycles. The van der Waals surface area contributed by atoms with Crippen LogP contribution < -0.4 is 10.6 Å². The van der Waals surface area contributed by atoms with Crippen LogP contribution in [0.1, 0.15) is 59.1 Å². The number of carbonyl (C=O) groups excluding carboxylic acids is 3. The van der Waals surface area contributed by atoms with E-state index in [0.717, 1.165) is 30.6 Å². The molecule has 166 valence electrons. The van der Waals surface area contributed by atoms with Gasteiger partial charge in [0.2, 0.25) is 15.9 Å². The molecule has 1 atom stereocenters. The van der Waals surface area contributed by atoms with Crippen LogP contribution >= 0.6 is 22.9 Å². The zero-order valence-electron chi connectivity index (χ0n) is 17.6. The van der Waals surface area contributed by atoms with Crippen molar-refractivity contribution in [1.82, 2.24) is 20.4 Å². The Balaban J connectivity index is 1.51. The Morgan fingerprint density at radius 3 is 2.61 bits per heavy atom. The molecule has 1 saturated heterocycles. The molecule has 2 aromatic rings. The number of hydrogen-bond acceptors (Lipinski definition) is 6. The molecule has 1 unspecified atom stereocenters. The molecular weight excluding hydrogens is 438 g/mol. The Labute approximate surface area is 190 Å². The number of halogens is 1. The van der Waals surface area contributed by atoms with Gasteiger partial charge in [-0.1, -0.05) is 35.9 Å². The molecule has 1 aliphatic heterocycles. The lowest BCUT2D eigenvalue weighted by molar-refractivity contribution is -0.122. The number of likely N-dealkylation sites (tertiary alicyclic amines) is 1. The van der Waals surface area contributed by atoms with Crippen LogP contribution in [0.3, 0.4) is 0 Å². The number of nitrogens with zero attached hydrogens (tertiary/aromatic N) is 3. The van der Waals surface area contributed by atoms with Gasteiger partial charge < -0.3 is 15.5 Å². The molecule has 1 aromatic heterocycles. The zero-order chi connectivity index (χ0) is 22.4. The predicted molar refractivity (Wildman–Crippen MR) is 120 cm³/mol. The van der Waals surface area contributed by atoms with Gasteiger partial charge in [-0.3, -0.25) is 14.4 Å². The van der Waals surface area contributed by atoms with Crippen LogP contribution in [-0.2, 0) is 4.79 Å². The average molecular weight is 464 g/mol. The number of piperidine rings is 1. The molecule has 0 bridgehead atoms. The van der Waals surface area contributed by atoms with Crippen molar-refractivity contribution < 1.29 is 14.4 Å². The second-order valence-corrected chi connectivity index (χ2v) is 9.11. The van der Waals surface area contributed by atoms with Crippen molar-refractivity contribution in [3.63, 3.8) is 0 Å². The summed E-state index contributed by atoms with van der Waals surface area (Å²) in [6, 6.07) is 6.95. The van der Waals surface area contributed by atoms with E-state index in [0.29, 0.717) is 30.2 Å². The van der Waals surface area contributed by atoms with E-state index in [-0.39, 0.29) is 33.8 Å². The maximum atomic E-state index is 12.8. The van der Waals surface area contributed by atoms with Gasteiger partial charge in [0.15, 0.2) is 0 Å². The number of hydrogen-bond donors (Lipinski definition) is 2. The Morgan fingerprint density at radius 1 is 1.23 bits per heavy atom. The van der Waals surface area contributed by atoms with Gasteiger partial charge in [-0.25, -0.2) is 0 Å². The maximum absolute atomic E-state index is 12.8. The van der Waals surface area contributed by atoms with Crippen molar-refractivity contribution in [1.29, 1.82) is 0 Å². The zero-order valence-corrected chi connectivity index (χ0v) is 19.1. The van der Waals surface area contributed by atoms with Gasteiger partial charge in [0.05, 0.1) is 0 Å². The molecule has 3 amide bonds. The fraction of sp³-hybridized carbons (Fsp3) is 0.476. The molecule has 0 aliphatic carbocycles. The molecule has 2 heterocycles. The maximum Gasteiger partial charge on any atom is 0.286 e. The van der Waals surface area contributed by atoms with Gasteiger partial charge in [0.1, 0.15) is 0 Å². The molecule has 1 fully saturated rings. The molecular formula is C21H26ClN5O3S. The standard InChI is InChI=1S/C21H26ClN5O3S/c1-3-13(2)23-17(28)11-14-7-9-27(10-8-14)21(30)20-26-25-19(31-20)18(29)24-16-6-4-5-15(22)12-16/h4-6,12-14H,3,7-11H2,1-2H3,(H,23,28)(H,24,29). The lowest BCUT2D eigenvalue weighted by Gasteiger charge is -2.31. The van der Waals surface area contributed by atoms with Crippen LogP contribution in [0.5, 0.6) is 0 Å². The highest BCUT2D eigenvalue weighted by Gasteiger charge is 2.28. The second-order valence-electron chi connectivity index (χ2n) is 7.69. The predicted octanol–water partition coefficient (Wildman–Crippen LogP) is 3.60. The number of amides is 3. The highest BCUT2D eigenvalue weighted by atomic mass is 35.5. The van der Waals surface area contributed by atoms with Crippen molar-refractivity contribution in [2.45, 2.75) is 45.6 Å². The van der Waals surface area contributed by atoms with E-state index < -0.39 is 5.91 Å². The summed E-state index contributed by atoms with van der Waals surface area (Å²) in [5, 5.41) is 14.3. The first-order chi connectivity index (χ1) is 14.9. The molecule has 8 nitrogen and oxygen atoms in total. The number of carbonyl (C=O) groups is 3. The van der Waals surface area contributed by atoms with Crippen LogP contribution in [0.25, 0.3) is 0 Å². The van der Waals surface area contributed by atoms with Gasteiger partial charge in [-0.2, -0.15) is 0 Å². The Bertz CT molecular complexity index is 943. The fourth-order valence-corrected chi connectivity index (χ4v) is 4.22. The normalized spacial score (nSPS) is 15.4. The van der Waals surface area contributed by atoms with Crippen LogP contribution in [0.2, 0.25) is 5.02 Å². The average Bonchev–Trinajstić information content (AvgIpc) is 3.24. The van der Waals surface area contributed by atoms with Crippen molar-refractivity contribution >= 4 is 46.3 Å². The van der Waals surface area contributed by atoms with Crippen molar-refractivity contribution in [2.75, 3.05) is 18.4 Å². The van der Waals surface area contributed by atoms with Crippen molar-refractivity contribution in [3.05, 3.63) is 39.3 Å². The molecule has 1 aliphatic rings. The lowest BCUT2D eigenvalue weighted by atomic mass is 9.93. The Kier molecular flexibility index (Phi) is 7.97. The van der Waals surface area contributed by atoms with Crippen LogP contribution in [-0.4, -0.2) is 52.0 Å². The summed E-state index contributed by atoms with van der Waals surface area (Å²) in [4.78, 5) is 38.9. The van der Waals surface area contributed by atoms with Crippen molar-refractivity contribution in [2.24, 2.45) is 5.92 Å². The van der Waals surface area contributed by atoms with Gasteiger partial charge >= 0.3 is 0 Å². The van der Waals surface area contributed by atoms with E-state index >= 15 is 0 Å². The first-order valence-electron chi connectivity index (χ1n) is 10.3. The SMILES string of the molecule is CCC(C)NC(=O)CC1CCN(C(=O)c2nnc(C(=O)Nc3cccc(Cl)c3)s2)CC1. The van der Waals surface area contributed by atoms with E-state index in [1.54, 1.807) is 29.2 Å². The summed E-state index contributed by atoms with van der Waals surface area (Å²) in [6.07, 6.45) is 2.92. The smallest absolute Gasteiger partial charge is 0.286 e. The molecule has 0 radical (unpaired) electrons. The minimum absolute atomic E-state index is 0.0682. The number of rotatable bonds is 7. The summed E-state index contributed by atoms with van der Waals surface area (Å²) < 4.78 is 0. The summed E-state index contributed by atoms with van der Waals surface area (Å²) in [5.74, 6) is -0.341. The fourth-order valence-electron chi connectivity index (χ4n) is 3.33. The van der Waals surface area contributed by atoms with E-state index in [4.69, 9.17) is 11.6 Å². The number of aromatic nitrogens is 2. The summed E-state index contributed by atoms with van der Waals surface area (Å²) in [7, 11) is 0. The number of nitrogens with one attached hydrogen (secondary N) is 2. The third-order valence-electron chi connectivity index (χ3n) is 5.28. The second kappa shape index (κ2) is 10.7. The summed E-state index contributed by atoms with van der Waals surface area (Å²) in [6.45, 7) is 5.15. The van der Waals surface area contributed by atoms with E-state index in [2.05, 4.69) is 20.8 Å². The Hall–Kier alpha value is -2.52. The Morgan fingerprint density at radius 2 is 1.94 bits per heavy atom. The van der Waals surface area contributed by atoms with Crippen LogP contribution in [0, 0.1) is 5.92 Å². The largest absolute Gasteiger partial charge is 0.354 e. The molecule has 2 N–H and O–H groups in total. The molecule has 10 heteroatoms. The molecule has 0 spiro atoms. The minimum Gasteiger partial charge on any atom is -0.354 e. The van der Waals surface area contributed by atoms with Gasteiger partial charge in [0, 0.05) is 36.3 Å². The van der Waals surface area contributed by atoms with E-state index in [1.807, 2.05) is 13.8 Å². The minimum atomic E-state index is -0.440. The first-order valence-corrected chi connectivity index (χ1v) is 11.5. The van der Waals surface area contributed by atoms with Gasteiger partial charge in [0.25, 0.3) is 11.8 Å². The van der Waals surface area contributed by atoms with Gasteiger partial charge in [-0.05, 0) is 50.3 Å². The lowest BCUT2D eigenvalue weighted by Crippen LogP contribution is -2.40. The molecule has 31 heavy (non-hydrogen) atoms. The topological polar surface area (TPSA) is 104 Å². The highest BCUT2D eigenvalue weighted by Crippen LogP contribution is 2.23. The van der Waals surface area contributed by atoms with Crippen molar-refractivity contribution in [3.8, 4) is 0 Å². The number of anilines is 1.